The van der Waals surface area contributed by atoms with Gasteiger partial charge in [-0.25, -0.2) is 4.79 Å². The van der Waals surface area contributed by atoms with E-state index in [1.54, 1.807) is 43.3 Å². The van der Waals surface area contributed by atoms with Gasteiger partial charge in [0.1, 0.15) is 28.6 Å². The number of carbonyl (C=O) groups excluding carboxylic acids is 2. The van der Waals surface area contributed by atoms with Gasteiger partial charge in [0.05, 0.1) is 19.3 Å². The minimum absolute atomic E-state index is 0.139. The molecule has 0 saturated carbocycles. The fourth-order valence-corrected chi connectivity index (χ4v) is 4.49. The van der Waals surface area contributed by atoms with Crippen molar-refractivity contribution in [1.82, 2.24) is 0 Å². The third kappa shape index (κ3) is 4.06. The van der Waals surface area contributed by atoms with E-state index in [1.807, 2.05) is 12.1 Å². The predicted molar refractivity (Wildman–Crippen MR) is 126 cm³/mol. The number of halogens is 1. The zero-order valence-corrected chi connectivity index (χ0v) is 19.9. The van der Waals surface area contributed by atoms with E-state index in [2.05, 4.69) is 15.9 Å². The first-order valence-electron chi connectivity index (χ1n) is 10.4. The summed E-state index contributed by atoms with van der Waals surface area (Å²) in [5.41, 5.74) is 2.93. The molecule has 0 saturated heterocycles. The maximum absolute atomic E-state index is 13.1. The van der Waals surface area contributed by atoms with Crippen molar-refractivity contribution < 1.29 is 33.3 Å². The third-order valence-electron chi connectivity index (χ3n) is 5.47. The van der Waals surface area contributed by atoms with Crippen LogP contribution in [0, 0.1) is 6.92 Å². The van der Waals surface area contributed by atoms with E-state index in [1.165, 1.54) is 13.2 Å². The van der Waals surface area contributed by atoms with Crippen molar-refractivity contribution in [2.45, 2.75) is 13.5 Å². The van der Waals surface area contributed by atoms with E-state index in [9.17, 15) is 9.59 Å². The van der Waals surface area contributed by atoms with Crippen LogP contribution < -0.4 is 18.9 Å². The van der Waals surface area contributed by atoms with Crippen LogP contribution in [0.5, 0.6) is 23.0 Å². The summed E-state index contributed by atoms with van der Waals surface area (Å²) in [5, 5.41) is 0. The van der Waals surface area contributed by atoms with E-state index in [0.29, 0.717) is 46.1 Å². The average molecular weight is 523 g/mol. The van der Waals surface area contributed by atoms with Gasteiger partial charge in [-0.05, 0) is 48.9 Å². The second kappa shape index (κ2) is 8.96. The molecule has 0 spiro atoms. The van der Waals surface area contributed by atoms with Gasteiger partial charge in [-0.3, -0.25) is 4.79 Å². The molecule has 5 rings (SSSR count). The smallest absolute Gasteiger partial charge is 0.347 e. The lowest BCUT2D eigenvalue weighted by molar-refractivity contribution is -0.0165. The van der Waals surface area contributed by atoms with Gasteiger partial charge in [0.2, 0.25) is 5.78 Å². The van der Waals surface area contributed by atoms with Crippen LogP contribution >= 0.6 is 15.9 Å². The Kier molecular flexibility index (Phi) is 5.85. The number of esters is 1. The standard InChI is InChI=1S/C26H19BrO7/c1-14-7-18(33-26(29)19-5-3-4-6-20(19)30-2)11-21-23(14)24(28)22(34-21)10-15-8-17(27)9-16-12-31-13-32-25(15)16/h3-11H,12-13H2,1-2H3/b22-10-. The fourth-order valence-electron chi connectivity index (χ4n) is 3.97. The second-order valence-corrected chi connectivity index (χ2v) is 8.65. The Morgan fingerprint density at radius 3 is 2.79 bits per heavy atom. The van der Waals surface area contributed by atoms with Crippen LogP contribution in [-0.2, 0) is 11.3 Å². The minimum Gasteiger partial charge on any atom is -0.496 e. The van der Waals surface area contributed by atoms with Gasteiger partial charge in [0.25, 0.3) is 0 Å². The number of aryl methyl sites for hydroxylation is 1. The van der Waals surface area contributed by atoms with Gasteiger partial charge >= 0.3 is 5.97 Å². The molecule has 3 aromatic carbocycles. The molecule has 7 nitrogen and oxygen atoms in total. The molecule has 0 unspecified atom stereocenters. The Labute approximate surface area is 204 Å². The van der Waals surface area contributed by atoms with Crippen molar-refractivity contribution in [3.63, 3.8) is 0 Å². The molecule has 8 heteroatoms. The number of hydrogen-bond acceptors (Lipinski definition) is 7. The van der Waals surface area contributed by atoms with Gasteiger partial charge in [0.15, 0.2) is 12.6 Å². The second-order valence-electron chi connectivity index (χ2n) is 7.74. The molecule has 2 aliphatic heterocycles. The molecule has 0 amide bonds. The number of methoxy groups -OCH3 is 1. The summed E-state index contributed by atoms with van der Waals surface area (Å²) in [7, 11) is 1.49. The molecule has 3 aromatic rings. The average Bonchev–Trinajstić information content (AvgIpc) is 3.14. The molecule has 0 bridgehead atoms. The first-order chi connectivity index (χ1) is 16.4. The zero-order valence-electron chi connectivity index (χ0n) is 18.3. The molecule has 2 heterocycles. The number of ketones is 1. The van der Waals surface area contributed by atoms with Crippen LogP contribution in [0.2, 0.25) is 0 Å². The molecule has 0 N–H and O–H groups in total. The Morgan fingerprint density at radius 2 is 1.97 bits per heavy atom. The van der Waals surface area contributed by atoms with Gasteiger partial charge in [-0.2, -0.15) is 0 Å². The van der Waals surface area contributed by atoms with E-state index in [4.69, 9.17) is 23.7 Å². The van der Waals surface area contributed by atoms with Crippen LogP contribution in [0.3, 0.4) is 0 Å². The number of fused-ring (bicyclic) bond motifs is 2. The molecule has 172 valence electrons. The summed E-state index contributed by atoms with van der Waals surface area (Å²) in [5.74, 6) is 0.979. The minimum atomic E-state index is -0.572. The summed E-state index contributed by atoms with van der Waals surface area (Å²) in [4.78, 5) is 25.8. The van der Waals surface area contributed by atoms with E-state index in [-0.39, 0.29) is 24.1 Å². The molecule has 0 radical (unpaired) electrons. The Hall–Kier alpha value is -3.62. The first-order valence-corrected chi connectivity index (χ1v) is 11.2. The van der Waals surface area contributed by atoms with Crippen LogP contribution in [-0.4, -0.2) is 25.7 Å². The molecule has 0 aromatic heterocycles. The molecule has 0 fully saturated rings. The van der Waals surface area contributed by atoms with Crippen LogP contribution in [0.25, 0.3) is 6.08 Å². The third-order valence-corrected chi connectivity index (χ3v) is 5.93. The van der Waals surface area contributed by atoms with Gasteiger partial charge in [-0.15, -0.1) is 0 Å². The Bertz CT molecular complexity index is 1360. The maximum Gasteiger partial charge on any atom is 0.347 e. The number of Topliss-reactive ketones (excluding diaryl/α,β-unsaturated/α-hetero) is 1. The summed E-state index contributed by atoms with van der Waals surface area (Å²) in [6.45, 7) is 2.32. The quantitative estimate of drug-likeness (QED) is 0.255. The molecular weight excluding hydrogens is 504 g/mol. The van der Waals surface area contributed by atoms with E-state index < -0.39 is 5.97 Å². The normalized spacial score (nSPS) is 15.3. The first kappa shape index (κ1) is 22.2. The largest absolute Gasteiger partial charge is 0.496 e. The number of allylic oxidation sites excluding steroid dienone is 1. The number of para-hydroxylation sites is 1. The number of rotatable bonds is 4. The van der Waals surface area contributed by atoms with Crippen molar-refractivity contribution in [1.29, 1.82) is 0 Å². The van der Waals surface area contributed by atoms with E-state index >= 15 is 0 Å². The highest BCUT2D eigenvalue weighted by Crippen LogP contribution is 2.40. The molecule has 34 heavy (non-hydrogen) atoms. The molecule has 0 aliphatic carbocycles. The van der Waals surface area contributed by atoms with E-state index in [0.717, 1.165) is 10.0 Å². The van der Waals surface area contributed by atoms with Gasteiger partial charge in [0, 0.05) is 21.7 Å². The van der Waals surface area contributed by atoms with Crippen molar-refractivity contribution in [2.24, 2.45) is 0 Å². The summed E-state index contributed by atoms with van der Waals surface area (Å²) >= 11 is 3.48. The summed E-state index contributed by atoms with van der Waals surface area (Å²) < 4.78 is 28.5. The maximum atomic E-state index is 13.1. The summed E-state index contributed by atoms with van der Waals surface area (Å²) in [6, 6.07) is 13.7. The molecule has 2 aliphatic rings. The summed E-state index contributed by atoms with van der Waals surface area (Å²) in [6.07, 6.45) is 1.65. The zero-order chi connectivity index (χ0) is 23.8. The van der Waals surface area contributed by atoms with Crippen molar-refractivity contribution in [3.05, 3.63) is 86.6 Å². The predicted octanol–water partition coefficient (Wildman–Crippen LogP) is 5.47. The highest BCUT2D eigenvalue weighted by atomic mass is 79.9. The van der Waals surface area contributed by atoms with Crippen molar-refractivity contribution >= 4 is 33.8 Å². The van der Waals surface area contributed by atoms with Gasteiger partial charge < -0.3 is 23.7 Å². The lowest BCUT2D eigenvalue weighted by Crippen LogP contribution is -2.12. The Balaban J connectivity index is 1.45. The van der Waals surface area contributed by atoms with Crippen LogP contribution in [0.4, 0.5) is 0 Å². The Morgan fingerprint density at radius 1 is 1.15 bits per heavy atom. The highest BCUT2D eigenvalue weighted by Gasteiger charge is 2.31. The highest BCUT2D eigenvalue weighted by molar-refractivity contribution is 9.10. The fraction of sp³-hybridized carbons (Fsp3) is 0.154. The number of hydrogen-bond donors (Lipinski definition) is 0. The van der Waals surface area contributed by atoms with Gasteiger partial charge in [-0.1, -0.05) is 28.1 Å². The molecular formula is C26H19BrO7. The topological polar surface area (TPSA) is 80.3 Å². The van der Waals surface area contributed by atoms with Crippen LogP contribution in [0.15, 0.2) is 58.8 Å². The number of carbonyl (C=O) groups is 2. The van der Waals surface area contributed by atoms with Crippen molar-refractivity contribution in [2.75, 3.05) is 13.9 Å². The number of ether oxygens (including phenoxy) is 5. The van der Waals surface area contributed by atoms with Crippen LogP contribution in [0.1, 0.15) is 37.4 Å². The number of benzene rings is 3. The molecule has 0 atom stereocenters. The lowest BCUT2D eigenvalue weighted by Gasteiger charge is -2.20. The lowest BCUT2D eigenvalue weighted by atomic mass is 10.0. The SMILES string of the molecule is COc1ccccc1C(=O)Oc1cc(C)c2c(c1)O/C(=C\c1cc(Br)cc3c1OCOC3)C2=O. The van der Waals surface area contributed by atoms with Crippen molar-refractivity contribution in [3.8, 4) is 23.0 Å². The monoisotopic (exact) mass is 522 g/mol.